The van der Waals surface area contributed by atoms with Crippen molar-refractivity contribution in [2.45, 2.75) is 37.7 Å². The van der Waals surface area contributed by atoms with Crippen LogP contribution in [0.3, 0.4) is 0 Å². The quantitative estimate of drug-likeness (QED) is 0.642. The minimum absolute atomic E-state index is 0.0891. The minimum Gasteiger partial charge on any atom is -0.392 e. The van der Waals surface area contributed by atoms with Crippen LogP contribution in [0.5, 0.6) is 0 Å². The molecule has 1 aliphatic heterocycles. The smallest absolute Gasteiger partial charge is 0.269 e. The monoisotopic (exact) mass is 375 g/mol. The van der Waals surface area contributed by atoms with Crippen molar-refractivity contribution in [1.82, 2.24) is 0 Å². The van der Waals surface area contributed by atoms with Crippen molar-refractivity contribution in [2.24, 2.45) is 5.41 Å². The van der Waals surface area contributed by atoms with E-state index in [1.165, 1.54) is 12.1 Å². The van der Waals surface area contributed by atoms with E-state index in [9.17, 15) is 23.6 Å². The first-order chi connectivity index (χ1) is 12.0. The zero-order chi connectivity index (χ0) is 19.3. The average Bonchev–Trinajstić information content (AvgIpc) is 2.59. The SMILES string of the molecule is Cc1ccc2c(c1)[C@@H](c1cccc([N+](=O)[O-])c1)[C@@H](O)C(C)(C)CS2(=O)=O. The molecule has 0 radical (unpaired) electrons. The molecule has 138 valence electrons. The fourth-order valence-corrected chi connectivity index (χ4v) is 5.79. The molecule has 7 heteroatoms. The number of fused-ring (bicyclic) bond motifs is 1. The van der Waals surface area contributed by atoms with Gasteiger partial charge in [0, 0.05) is 23.5 Å². The minimum atomic E-state index is -3.60. The Kier molecular flexibility index (Phi) is 4.40. The molecule has 1 heterocycles. The Bertz CT molecular complexity index is 981. The Morgan fingerprint density at radius 3 is 2.54 bits per heavy atom. The van der Waals surface area contributed by atoms with Gasteiger partial charge in [0.25, 0.3) is 5.69 Å². The van der Waals surface area contributed by atoms with Crippen LogP contribution < -0.4 is 0 Å². The van der Waals surface area contributed by atoms with Crippen LogP contribution in [0.4, 0.5) is 5.69 Å². The fraction of sp³-hybridized carbons (Fsp3) is 0.368. The Morgan fingerprint density at radius 1 is 1.19 bits per heavy atom. The number of benzene rings is 2. The summed E-state index contributed by atoms with van der Waals surface area (Å²) in [6, 6.07) is 11.1. The first-order valence-electron chi connectivity index (χ1n) is 8.29. The third-order valence-electron chi connectivity index (χ3n) is 4.95. The van der Waals surface area contributed by atoms with Gasteiger partial charge in [-0.3, -0.25) is 10.1 Å². The third-order valence-corrected chi connectivity index (χ3v) is 7.12. The lowest BCUT2D eigenvalue weighted by Gasteiger charge is -2.33. The van der Waals surface area contributed by atoms with Crippen molar-refractivity contribution >= 4 is 15.5 Å². The average molecular weight is 375 g/mol. The molecule has 1 N–H and O–H groups in total. The number of hydrogen-bond acceptors (Lipinski definition) is 5. The molecule has 0 aromatic heterocycles. The summed E-state index contributed by atoms with van der Waals surface area (Å²) in [5.41, 5.74) is 0.878. The summed E-state index contributed by atoms with van der Waals surface area (Å²) in [6.45, 7) is 5.26. The maximum Gasteiger partial charge on any atom is 0.269 e. The number of aliphatic hydroxyl groups is 1. The second kappa shape index (κ2) is 6.17. The van der Waals surface area contributed by atoms with Gasteiger partial charge in [-0.2, -0.15) is 0 Å². The molecule has 2 atom stereocenters. The van der Waals surface area contributed by atoms with E-state index in [1.807, 2.05) is 6.92 Å². The first kappa shape index (κ1) is 18.5. The fourth-order valence-electron chi connectivity index (χ4n) is 3.66. The number of aryl methyl sites for hydroxylation is 1. The van der Waals surface area contributed by atoms with Crippen molar-refractivity contribution in [2.75, 3.05) is 5.75 Å². The van der Waals surface area contributed by atoms with Crippen molar-refractivity contribution in [3.05, 3.63) is 69.3 Å². The molecule has 0 spiro atoms. The Hall–Kier alpha value is -2.25. The van der Waals surface area contributed by atoms with Crippen LogP contribution in [-0.2, 0) is 9.84 Å². The zero-order valence-corrected chi connectivity index (χ0v) is 15.7. The molecule has 6 nitrogen and oxygen atoms in total. The summed E-state index contributed by atoms with van der Waals surface area (Å²) in [4.78, 5) is 10.9. The molecule has 26 heavy (non-hydrogen) atoms. The zero-order valence-electron chi connectivity index (χ0n) is 14.8. The van der Waals surface area contributed by atoms with Crippen LogP contribution in [0.25, 0.3) is 0 Å². The lowest BCUT2D eigenvalue weighted by Crippen LogP contribution is -2.38. The predicted molar refractivity (Wildman–Crippen MR) is 98.0 cm³/mol. The summed E-state index contributed by atoms with van der Waals surface area (Å²) in [6.07, 6.45) is -1.01. The molecule has 0 fully saturated rings. The molecule has 0 unspecified atom stereocenters. The lowest BCUT2D eigenvalue weighted by atomic mass is 9.75. The number of nitro groups is 1. The van der Waals surface area contributed by atoms with Crippen LogP contribution in [-0.4, -0.2) is 30.3 Å². The van der Waals surface area contributed by atoms with E-state index >= 15 is 0 Å². The summed E-state index contributed by atoms with van der Waals surface area (Å²) >= 11 is 0. The van der Waals surface area contributed by atoms with Crippen molar-refractivity contribution in [3.63, 3.8) is 0 Å². The number of hydrogen-bond donors (Lipinski definition) is 1. The van der Waals surface area contributed by atoms with E-state index in [2.05, 4.69) is 0 Å². The predicted octanol–water partition coefficient (Wildman–Crippen LogP) is 3.21. The second-order valence-corrected chi connectivity index (χ2v) is 9.52. The molecule has 0 amide bonds. The van der Waals surface area contributed by atoms with E-state index in [0.29, 0.717) is 11.1 Å². The molecule has 0 saturated carbocycles. The van der Waals surface area contributed by atoms with Crippen LogP contribution >= 0.6 is 0 Å². The highest BCUT2D eigenvalue weighted by Crippen LogP contribution is 2.45. The molecular formula is C19H21NO5S. The Morgan fingerprint density at radius 2 is 1.88 bits per heavy atom. The van der Waals surface area contributed by atoms with E-state index in [1.54, 1.807) is 44.2 Å². The number of nitrogens with zero attached hydrogens (tertiary/aromatic N) is 1. The number of sulfone groups is 1. The molecule has 1 aliphatic rings. The van der Waals surface area contributed by atoms with Crippen molar-refractivity contribution < 1.29 is 18.4 Å². The molecule has 0 aliphatic carbocycles. The maximum absolute atomic E-state index is 12.9. The van der Waals surface area contributed by atoms with Crippen LogP contribution in [0.2, 0.25) is 0 Å². The number of rotatable bonds is 2. The van der Waals surface area contributed by atoms with E-state index in [-0.39, 0.29) is 16.3 Å². The van der Waals surface area contributed by atoms with E-state index < -0.39 is 32.2 Å². The van der Waals surface area contributed by atoms with Gasteiger partial charge in [-0.1, -0.05) is 43.7 Å². The molecule has 0 bridgehead atoms. The summed E-state index contributed by atoms with van der Waals surface area (Å²) in [5, 5.41) is 22.3. The van der Waals surface area contributed by atoms with Gasteiger partial charge < -0.3 is 5.11 Å². The van der Waals surface area contributed by atoms with Crippen LogP contribution in [0.15, 0.2) is 47.4 Å². The van der Waals surface area contributed by atoms with Gasteiger partial charge in [0.2, 0.25) is 0 Å². The summed E-state index contributed by atoms with van der Waals surface area (Å²) < 4.78 is 25.8. The number of nitro benzene ring substituents is 1. The maximum atomic E-state index is 12.9. The van der Waals surface area contributed by atoms with Crippen LogP contribution in [0.1, 0.15) is 36.5 Å². The third kappa shape index (κ3) is 3.12. The van der Waals surface area contributed by atoms with Crippen molar-refractivity contribution in [1.29, 1.82) is 0 Å². The van der Waals surface area contributed by atoms with Crippen molar-refractivity contribution in [3.8, 4) is 0 Å². The normalized spacial score (nSPS) is 23.7. The van der Waals surface area contributed by atoms with E-state index in [4.69, 9.17) is 0 Å². The van der Waals surface area contributed by atoms with Gasteiger partial charge in [0.1, 0.15) is 0 Å². The lowest BCUT2D eigenvalue weighted by molar-refractivity contribution is -0.384. The molecule has 2 aromatic carbocycles. The first-order valence-corrected chi connectivity index (χ1v) is 9.94. The molecular weight excluding hydrogens is 354 g/mol. The van der Waals surface area contributed by atoms with Gasteiger partial charge in [0.15, 0.2) is 9.84 Å². The topological polar surface area (TPSA) is 97.5 Å². The van der Waals surface area contributed by atoms with E-state index in [0.717, 1.165) is 5.56 Å². The molecule has 2 aromatic rings. The number of aliphatic hydroxyl groups excluding tert-OH is 1. The Labute approximate surface area is 152 Å². The highest BCUT2D eigenvalue weighted by molar-refractivity contribution is 7.91. The van der Waals surface area contributed by atoms with Crippen LogP contribution in [0, 0.1) is 22.5 Å². The highest BCUT2D eigenvalue weighted by atomic mass is 32.2. The van der Waals surface area contributed by atoms with Gasteiger partial charge in [-0.15, -0.1) is 0 Å². The van der Waals surface area contributed by atoms with Gasteiger partial charge in [-0.05, 0) is 24.1 Å². The standard InChI is InChI=1S/C19H21NO5S/c1-12-7-8-16-15(9-12)17(13-5-4-6-14(10-13)20(22)23)18(21)19(2,3)11-26(16,24)25/h4-10,17-18,21H,11H2,1-3H3/t17-,18-/m1/s1. The Balaban J connectivity index is 2.32. The summed E-state index contributed by atoms with van der Waals surface area (Å²) in [5.74, 6) is -0.861. The second-order valence-electron chi connectivity index (χ2n) is 7.56. The van der Waals surface area contributed by atoms with Gasteiger partial charge in [0.05, 0.1) is 21.7 Å². The molecule has 0 saturated heterocycles. The molecule has 3 rings (SSSR count). The largest absolute Gasteiger partial charge is 0.392 e. The van der Waals surface area contributed by atoms with Gasteiger partial charge in [-0.25, -0.2) is 8.42 Å². The van der Waals surface area contributed by atoms with Gasteiger partial charge >= 0.3 is 0 Å². The number of non-ortho nitro benzene ring substituents is 1. The summed E-state index contributed by atoms with van der Waals surface area (Å²) in [7, 11) is -3.60. The highest BCUT2D eigenvalue weighted by Gasteiger charge is 2.45.